The zero-order valence-corrected chi connectivity index (χ0v) is 12.9. The zero-order valence-electron chi connectivity index (χ0n) is 12.9. The second kappa shape index (κ2) is 6.71. The van der Waals surface area contributed by atoms with Gasteiger partial charge in [0.15, 0.2) is 0 Å². The van der Waals surface area contributed by atoms with Crippen molar-refractivity contribution >= 4 is 5.69 Å². The Morgan fingerprint density at radius 1 is 1.00 bits per heavy atom. The van der Waals surface area contributed by atoms with Crippen LogP contribution in [-0.2, 0) is 6.54 Å². The molecule has 1 aliphatic rings. The van der Waals surface area contributed by atoms with E-state index in [9.17, 15) is 5.11 Å². The van der Waals surface area contributed by atoms with Crippen molar-refractivity contribution in [2.45, 2.75) is 6.54 Å². The van der Waals surface area contributed by atoms with Crippen molar-refractivity contribution in [2.75, 3.05) is 38.2 Å². The first-order chi connectivity index (χ1) is 10.8. The summed E-state index contributed by atoms with van der Waals surface area (Å²) in [6, 6.07) is 15.8. The average Bonchev–Trinajstić information content (AvgIpc) is 2.56. The van der Waals surface area contributed by atoms with Crippen LogP contribution >= 0.6 is 0 Å². The number of methoxy groups -OCH3 is 1. The number of hydrogen-bond acceptors (Lipinski definition) is 4. The highest BCUT2D eigenvalue weighted by molar-refractivity contribution is 5.61. The van der Waals surface area contributed by atoms with Crippen LogP contribution in [0.25, 0.3) is 0 Å². The minimum absolute atomic E-state index is 0.280. The van der Waals surface area contributed by atoms with Gasteiger partial charge < -0.3 is 14.7 Å². The normalized spacial score (nSPS) is 15.8. The smallest absolute Gasteiger partial charge is 0.142 e. The Bertz CT molecular complexity index is 608. The molecule has 4 heteroatoms. The molecule has 4 nitrogen and oxygen atoms in total. The van der Waals surface area contributed by atoms with E-state index in [1.165, 1.54) is 5.56 Å². The molecule has 0 bridgehead atoms. The number of anilines is 1. The molecule has 0 amide bonds. The summed E-state index contributed by atoms with van der Waals surface area (Å²) < 4.78 is 5.41. The Labute approximate surface area is 131 Å². The summed E-state index contributed by atoms with van der Waals surface area (Å²) in [5.74, 6) is 1.09. The molecule has 2 aromatic rings. The number of benzene rings is 2. The van der Waals surface area contributed by atoms with Crippen LogP contribution in [0.2, 0.25) is 0 Å². The Hall–Kier alpha value is -2.20. The molecule has 1 heterocycles. The monoisotopic (exact) mass is 298 g/mol. The third-order valence-corrected chi connectivity index (χ3v) is 4.12. The minimum atomic E-state index is 0.280. The van der Waals surface area contributed by atoms with Crippen LogP contribution in [0.5, 0.6) is 11.5 Å². The van der Waals surface area contributed by atoms with E-state index in [0.29, 0.717) is 0 Å². The Morgan fingerprint density at radius 2 is 1.73 bits per heavy atom. The van der Waals surface area contributed by atoms with Crippen molar-refractivity contribution in [3.8, 4) is 11.5 Å². The third kappa shape index (κ3) is 3.34. The fourth-order valence-electron chi connectivity index (χ4n) is 2.91. The van der Waals surface area contributed by atoms with Gasteiger partial charge in [0.2, 0.25) is 0 Å². The van der Waals surface area contributed by atoms with E-state index in [4.69, 9.17) is 4.74 Å². The van der Waals surface area contributed by atoms with Gasteiger partial charge in [0.25, 0.3) is 0 Å². The van der Waals surface area contributed by atoms with E-state index < -0.39 is 0 Å². The molecule has 22 heavy (non-hydrogen) atoms. The fourth-order valence-corrected chi connectivity index (χ4v) is 2.91. The number of nitrogens with zero attached hydrogens (tertiary/aromatic N) is 2. The van der Waals surface area contributed by atoms with Gasteiger partial charge in [-0.25, -0.2) is 0 Å². The highest BCUT2D eigenvalue weighted by Crippen LogP contribution is 2.32. The van der Waals surface area contributed by atoms with Gasteiger partial charge in [-0.05, 0) is 17.7 Å². The molecule has 0 unspecified atom stereocenters. The molecule has 3 rings (SSSR count). The Balaban J connectivity index is 1.63. The van der Waals surface area contributed by atoms with E-state index in [2.05, 4.69) is 40.1 Å². The molecular weight excluding hydrogens is 276 g/mol. The summed E-state index contributed by atoms with van der Waals surface area (Å²) in [6.07, 6.45) is 0. The van der Waals surface area contributed by atoms with Crippen LogP contribution in [0.3, 0.4) is 0 Å². The number of ether oxygens (including phenoxy) is 1. The second-order valence-electron chi connectivity index (χ2n) is 5.60. The van der Waals surface area contributed by atoms with E-state index in [0.717, 1.165) is 44.2 Å². The van der Waals surface area contributed by atoms with Crippen LogP contribution < -0.4 is 9.64 Å². The number of rotatable bonds is 4. The minimum Gasteiger partial charge on any atom is -0.508 e. The first kappa shape index (κ1) is 14.7. The summed E-state index contributed by atoms with van der Waals surface area (Å²) in [7, 11) is 1.67. The predicted molar refractivity (Wildman–Crippen MR) is 88.6 cm³/mol. The molecule has 0 spiro atoms. The maximum atomic E-state index is 9.72. The topological polar surface area (TPSA) is 35.9 Å². The van der Waals surface area contributed by atoms with Gasteiger partial charge in [0.1, 0.15) is 11.5 Å². The molecule has 1 N–H and O–H groups in total. The fraction of sp³-hybridized carbons (Fsp3) is 0.333. The molecule has 116 valence electrons. The lowest BCUT2D eigenvalue weighted by Crippen LogP contribution is -2.46. The van der Waals surface area contributed by atoms with Crippen LogP contribution in [0.1, 0.15) is 5.56 Å². The molecule has 0 aromatic heterocycles. The van der Waals surface area contributed by atoms with Crippen molar-refractivity contribution in [3.63, 3.8) is 0 Å². The number of hydrogen-bond donors (Lipinski definition) is 1. The second-order valence-corrected chi connectivity index (χ2v) is 5.60. The summed E-state index contributed by atoms with van der Waals surface area (Å²) in [4.78, 5) is 4.74. The van der Waals surface area contributed by atoms with Gasteiger partial charge in [0.05, 0.1) is 12.8 Å². The quantitative estimate of drug-likeness (QED) is 0.941. The number of phenols is 1. The van der Waals surface area contributed by atoms with Gasteiger partial charge in [-0.3, -0.25) is 4.90 Å². The molecule has 2 aromatic carbocycles. The lowest BCUT2D eigenvalue weighted by atomic mass is 10.2. The van der Waals surface area contributed by atoms with E-state index >= 15 is 0 Å². The molecule has 0 saturated carbocycles. The average molecular weight is 298 g/mol. The summed E-state index contributed by atoms with van der Waals surface area (Å²) in [6.45, 7) is 4.88. The van der Waals surface area contributed by atoms with Crippen LogP contribution in [-0.4, -0.2) is 43.3 Å². The van der Waals surface area contributed by atoms with Crippen molar-refractivity contribution in [3.05, 3.63) is 54.1 Å². The molecule has 1 saturated heterocycles. The number of piperazine rings is 1. The Morgan fingerprint density at radius 3 is 2.41 bits per heavy atom. The molecule has 0 aliphatic carbocycles. The van der Waals surface area contributed by atoms with Gasteiger partial charge >= 0.3 is 0 Å². The first-order valence-corrected chi connectivity index (χ1v) is 7.64. The van der Waals surface area contributed by atoms with Crippen LogP contribution in [0, 0.1) is 0 Å². The highest BCUT2D eigenvalue weighted by Gasteiger charge is 2.20. The van der Waals surface area contributed by atoms with Gasteiger partial charge in [0, 0.05) is 38.8 Å². The van der Waals surface area contributed by atoms with Gasteiger partial charge in [-0.2, -0.15) is 0 Å². The van der Waals surface area contributed by atoms with Gasteiger partial charge in [-0.15, -0.1) is 0 Å². The van der Waals surface area contributed by atoms with Crippen molar-refractivity contribution < 1.29 is 9.84 Å². The maximum absolute atomic E-state index is 9.72. The van der Waals surface area contributed by atoms with Crippen LogP contribution in [0.4, 0.5) is 5.69 Å². The standard InChI is InChI=1S/C18H22N2O2/c1-22-18-8-7-16(21)13-17(18)20-11-9-19(10-12-20)14-15-5-3-2-4-6-15/h2-8,13,21H,9-12,14H2,1H3. The van der Waals surface area contributed by atoms with Crippen molar-refractivity contribution in [1.82, 2.24) is 4.90 Å². The van der Waals surface area contributed by atoms with Gasteiger partial charge in [-0.1, -0.05) is 30.3 Å². The number of phenolic OH excluding ortho intramolecular Hbond substituents is 1. The highest BCUT2D eigenvalue weighted by atomic mass is 16.5. The van der Waals surface area contributed by atoms with E-state index in [1.807, 2.05) is 6.07 Å². The Kier molecular flexibility index (Phi) is 4.49. The third-order valence-electron chi connectivity index (χ3n) is 4.12. The zero-order chi connectivity index (χ0) is 15.4. The maximum Gasteiger partial charge on any atom is 0.142 e. The molecule has 0 atom stereocenters. The summed E-state index contributed by atoms with van der Waals surface area (Å²) >= 11 is 0. The summed E-state index contributed by atoms with van der Waals surface area (Å²) in [5, 5.41) is 9.72. The van der Waals surface area contributed by atoms with Crippen molar-refractivity contribution in [1.29, 1.82) is 0 Å². The SMILES string of the molecule is COc1ccc(O)cc1N1CCN(Cc2ccccc2)CC1. The predicted octanol–water partition coefficient (Wildman–Crippen LogP) is 2.72. The summed E-state index contributed by atoms with van der Waals surface area (Å²) in [5.41, 5.74) is 2.33. The molecule has 1 aliphatic heterocycles. The molecule has 1 fully saturated rings. The lowest BCUT2D eigenvalue weighted by Gasteiger charge is -2.36. The van der Waals surface area contributed by atoms with Crippen LogP contribution in [0.15, 0.2) is 48.5 Å². The van der Waals surface area contributed by atoms with E-state index in [1.54, 1.807) is 19.2 Å². The largest absolute Gasteiger partial charge is 0.508 e. The molecular formula is C18H22N2O2. The van der Waals surface area contributed by atoms with E-state index in [-0.39, 0.29) is 5.75 Å². The number of aromatic hydroxyl groups is 1. The lowest BCUT2D eigenvalue weighted by molar-refractivity contribution is 0.249. The van der Waals surface area contributed by atoms with Crippen molar-refractivity contribution in [2.24, 2.45) is 0 Å². The molecule has 0 radical (unpaired) electrons. The first-order valence-electron chi connectivity index (χ1n) is 7.64.